The van der Waals surface area contributed by atoms with E-state index in [4.69, 9.17) is 4.74 Å². The standard InChI is InChI=1S/C33H43N3O4S/c1-9-33(7,8)36(30(38)27(20-41)35-31(39)40-32(4,5)6)28(25-15-14-21(2)22(3)18-25)29(37)34-26-17-16-23-12-10-11-13-24(23)19-26/h10-19,27-28,41H,9,20H2,1-8H3,(H,34,37)(H,35,39). The first-order valence-corrected chi connectivity index (χ1v) is 14.6. The molecule has 2 atom stereocenters. The van der Waals surface area contributed by atoms with Crippen LogP contribution in [0, 0.1) is 13.8 Å². The van der Waals surface area contributed by atoms with Gasteiger partial charge < -0.3 is 20.3 Å². The van der Waals surface area contributed by atoms with Crippen molar-refractivity contribution in [2.24, 2.45) is 0 Å². The van der Waals surface area contributed by atoms with Gasteiger partial charge in [0, 0.05) is 17.0 Å². The second-order valence-corrected chi connectivity index (χ2v) is 12.4. The van der Waals surface area contributed by atoms with Crippen molar-refractivity contribution in [1.29, 1.82) is 0 Å². The van der Waals surface area contributed by atoms with Gasteiger partial charge in [0.25, 0.3) is 5.91 Å². The quantitative estimate of drug-likeness (QED) is 0.240. The van der Waals surface area contributed by atoms with Crippen molar-refractivity contribution < 1.29 is 19.1 Å². The zero-order valence-electron chi connectivity index (χ0n) is 25.4. The fourth-order valence-corrected chi connectivity index (χ4v) is 4.83. The zero-order chi connectivity index (χ0) is 30.5. The van der Waals surface area contributed by atoms with Crippen molar-refractivity contribution in [2.75, 3.05) is 11.1 Å². The Bertz CT molecular complexity index is 1410. The molecule has 2 N–H and O–H groups in total. The lowest BCUT2D eigenvalue weighted by molar-refractivity contribution is -0.147. The van der Waals surface area contributed by atoms with Gasteiger partial charge >= 0.3 is 6.09 Å². The van der Waals surface area contributed by atoms with Crippen molar-refractivity contribution >= 4 is 47.0 Å². The number of rotatable bonds is 9. The van der Waals surface area contributed by atoms with Crippen molar-refractivity contribution in [3.05, 3.63) is 77.4 Å². The minimum absolute atomic E-state index is 0.0281. The number of carbonyl (C=O) groups excluding carboxylic acids is 3. The molecule has 0 radical (unpaired) electrons. The fourth-order valence-electron chi connectivity index (χ4n) is 4.58. The summed E-state index contributed by atoms with van der Waals surface area (Å²) in [5.74, 6) is -0.747. The highest BCUT2D eigenvalue weighted by molar-refractivity contribution is 7.80. The first kappa shape index (κ1) is 32.0. The predicted molar refractivity (Wildman–Crippen MR) is 169 cm³/mol. The third kappa shape index (κ3) is 8.03. The molecule has 3 aromatic carbocycles. The van der Waals surface area contributed by atoms with Crippen LogP contribution in [0.1, 0.15) is 70.7 Å². The molecule has 0 aliphatic heterocycles. The number of fused-ring (bicyclic) bond motifs is 1. The van der Waals surface area contributed by atoms with Crippen LogP contribution in [-0.2, 0) is 14.3 Å². The van der Waals surface area contributed by atoms with Gasteiger partial charge in [0.05, 0.1) is 0 Å². The maximum Gasteiger partial charge on any atom is 0.408 e. The van der Waals surface area contributed by atoms with E-state index in [9.17, 15) is 14.4 Å². The molecule has 7 nitrogen and oxygen atoms in total. The lowest BCUT2D eigenvalue weighted by Gasteiger charge is -2.44. The topological polar surface area (TPSA) is 87.7 Å². The number of aryl methyl sites for hydroxylation is 2. The summed E-state index contributed by atoms with van der Waals surface area (Å²) >= 11 is 4.39. The smallest absolute Gasteiger partial charge is 0.408 e. The van der Waals surface area contributed by atoms with E-state index in [2.05, 4.69) is 23.3 Å². The second kappa shape index (κ2) is 13.0. The van der Waals surface area contributed by atoms with Crippen molar-refractivity contribution in [3.8, 4) is 0 Å². The number of alkyl carbamates (subject to hydrolysis) is 1. The lowest BCUT2D eigenvalue weighted by atomic mass is 9.91. The number of nitrogens with zero attached hydrogens (tertiary/aromatic N) is 1. The Morgan fingerprint density at radius 1 is 0.902 bits per heavy atom. The largest absolute Gasteiger partial charge is 0.444 e. The number of hydrogen-bond donors (Lipinski definition) is 3. The summed E-state index contributed by atoms with van der Waals surface area (Å²) in [5, 5.41) is 7.79. The van der Waals surface area contributed by atoms with Crippen LogP contribution >= 0.6 is 12.6 Å². The van der Waals surface area contributed by atoms with Crippen molar-refractivity contribution in [3.63, 3.8) is 0 Å². The van der Waals surface area contributed by atoms with Gasteiger partial charge in [0.2, 0.25) is 5.91 Å². The van der Waals surface area contributed by atoms with Crippen LogP contribution in [0.5, 0.6) is 0 Å². The Labute approximate surface area is 249 Å². The van der Waals surface area contributed by atoms with Crippen molar-refractivity contribution in [2.45, 2.75) is 85.0 Å². The molecule has 0 heterocycles. The van der Waals surface area contributed by atoms with Gasteiger partial charge in [-0.25, -0.2) is 4.79 Å². The minimum Gasteiger partial charge on any atom is -0.444 e. The summed E-state index contributed by atoms with van der Waals surface area (Å²) in [7, 11) is 0. The van der Waals surface area contributed by atoms with Gasteiger partial charge in [0.1, 0.15) is 17.7 Å². The number of nitrogens with one attached hydrogen (secondary N) is 2. The Morgan fingerprint density at radius 3 is 2.15 bits per heavy atom. The molecule has 0 fully saturated rings. The zero-order valence-corrected chi connectivity index (χ0v) is 26.3. The number of ether oxygens (including phenoxy) is 1. The molecular weight excluding hydrogens is 534 g/mol. The average Bonchev–Trinajstić information content (AvgIpc) is 2.90. The van der Waals surface area contributed by atoms with Crippen LogP contribution < -0.4 is 10.6 Å². The lowest BCUT2D eigenvalue weighted by Crippen LogP contribution is -2.59. The molecule has 0 spiro atoms. The van der Waals surface area contributed by atoms with E-state index >= 15 is 0 Å². The Kier molecular flexibility index (Phi) is 10.1. The molecule has 41 heavy (non-hydrogen) atoms. The maximum atomic E-state index is 14.3. The molecule has 3 aromatic rings. The summed E-state index contributed by atoms with van der Waals surface area (Å²) < 4.78 is 5.41. The molecule has 0 bridgehead atoms. The maximum absolute atomic E-state index is 14.3. The van der Waals surface area contributed by atoms with E-state index in [1.807, 2.05) is 95.3 Å². The summed E-state index contributed by atoms with van der Waals surface area (Å²) in [6, 6.07) is 17.4. The fraction of sp³-hybridized carbons (Fsp3) is 0.424. The molecule has 0 saturated carbocycles. The van der Waals surface area contributed by atoms with Gasteiger partial charge in [-0.3, -0.25) is 9.59 Å². The molecule has 0 aliphatic carbocycles. The third-order valence-electron chi connectivity index (χ3n) is 7.30. The highest BCUT2D eigenvalue weighted by Crippen LogP contribution is 2.34. The van der Waals surface area contributed by atoms with Gasteiger partial charge in [-0.2, -0.15) is 12.6 Å². The molecule has 220 valence electrons. The number of amides is 3. The van der Waals surface area contributed by atoms with Gasteiger partial charge in [-0.15, -0.1) is 0 Å². The molecule has 2 unspecified atom stereocenters. The van der Waals surface area contributed by atoms with Crippen molar-refractivity contribution in [1.82, 2.24) is 10.2 Å². The van der Waals surface area contributed by atoms with Gasteiger partial charge in [-0.05, 0) is 94.5 Å². The monoisotopic (exact) mass is 577 g/mol. The highest BCUT2D eigenvalue weighted by Gasteiger charge is 2.43. The van der Waals surface area contributed by atoms with E-state index in [-0.39, 0.29) is 11.7 Å². The molecule has 3 rings (SSSR count). The number of carbonyl (C=O) groups is 3. The SMILES string of the molecule is CCC(C)(C)N(C(=O)C(CS)NC(=O)OC(C)(C)C)C(C(=O)Nc1ccc2ccccc2c1)c1ccc(C)c(C)c1. The molecule has 3 amide bonds. The molecule has 0 aromatic heterocycles. The minimum atomic E-state index is -1.01. The van der Waals surface area contributed by atoms with Crippen LogP contribution in [0.3, 0.4) is 0 Å². The number of benzene rings is 3. The van der Waals surface area contributed by atoms with E-state index in [0.29, 0.717) is 17.7 Å². The first-order valence-electron chi connectivity index (χ1n) is 14.0. The predicted octanol–water partition coefficient (Wildman–Crippen LogP) is 6.98. The summed E-state index contributed by atoms with van der Waals surface area (Å²) in [4.78, 5) is 42.8. The van der Waals surface area contributed by atoms with Gasteiger partial charge in [-0.1, -0.05) is 55.5 Å². The normalized spacial score (nSPS) is 13.3. The summed E-state index contributed by atoms with van der Waals surface area (Å²) in [6.45, 7) is 15.1. The first-order chi connectivity index (χ1) is 19.2. The Hall–Kier alpha value is -3.52. The third-order valence-corrected chi connectivity index (χ3v) is 7.66. The molecule has 8 heteroatoms. The average molecular weight is 578 g/mol. The van der Waals surface area contributed by atoms with E-state index in [0.717, 1.165) is 21.9 Å². The molecular formula is C33H43N3O4S. The summed E-state index contributed by atoms with van der Waals surface area (Å²) in [5.41, 5.74) is 1.90. The molecule has 0 saturated heterocycles. The van der Waals surface area contributed by atoms with E-state index < -0.39 is 35.2 Å². The number of hydrogen-bond acceptors (Lipinski definition) is 5. The van der Waals surface area contributed by atoms with Crippen LogP contribution in [0.4, 0.5) is 10.5 Å². The molecule has 0 aliphatic rings. The van der Waals surface area contributed by atoms with Crippen LogP contribution in [0.2, 0.25) is 0 Å². The number of thiol groups is 1. The van der Waals surface area contributed by atoms with E-state index in [1.54, 1.807) is 25.7 Å². The van der Waals surface area contributed by atoms with Crippen LogP contribution in [0.25, 0.3) is 10.8 Å². The van der Waals surface area contributed by atoms with Crippen LogP contribution in [0.15, 0.2) is 60.7 Å². The Morgan fingerprint density at radius 2 is 1.56 bits per heavy atom. The van der Waals surface area contributed by atoms with E-state index in [1.165, 1.54) is 0 Å². The second-order valence-electron chi connectivity index (χ2n) is 12.1. The Balaban J connectivity index is 2.09. The highest BCUT2D eigenvalue weighted by atomic mass is 32.1. The number of anilines is 1. The van der Waals surface area contributed by atoms with Crippen LogP contribution in [-0.4, -0.2) is 45.7 Å². The summed E-state index contributed by atoms with van der Waals surface area (Å²) in [6.07, 6.45) is -0.155. The van der Waals surface area contributed by atoms with Gasteiger partial charge in [0.15, 0.2) is 0 Å².